The predicted octanol–water partition coefficient (Wildman–Crippen LogP) is 3.40. The summed E-state index contributed by atoms with van der Waals surface area (Å²) >= 11 is 0. The summed E-state index contributed by atoms with van der Waals surface area (Å²) in [5, 5.41) is 7.21. The molecule has 1 atom stereocenters. The van der Waals surface area contributed by atoms with Gasteiger partial charge >= 0.3 is 0 Å². The largest absolute Gasteiger partial charge is 0.309 e. The summed E-state index contributed by atoms with van der Waals surface area (Å²) in [6.45, 7) is 2.01. The van der Waals surface area contributed by atoms with E-state index in [0.29, 0.717) is 12.2 Å². The fraction of sp³-hybridized carbons (Fsp3) is 0.167. The van der Waals surface area contributed by atoms with Crippen molar-refractivity contribution in [2.24, 2.45) is 0 Å². The van der Waals surface area contributed by atoms with E-state index < -0.39 is 0 Å². The molecule has 0 bridgehead atoms. The average Bonchev–Trinajstić information content (AvgIpc) is 3.04. The molecule has 0 radical (unpaired) electrons. The molecule has 0 unspecified atom stereocenters. The molecular formula is C18H18N4O. The normalized spacial score (nSPS) is 11.9. The van der Waals surface area contributed by atoms with Gasteiger partial charge in [-0.3, -0.25) is 9.78 Å². The maximum absolute atomic E-state index is 12.2. The van der Waals surface area contributed by atoms with Crippen LogP contribution in [0.1, 0.15) is 24.8 Å². The van der Waals surface area contributed by atoms with E-state index in [-0.39, 0.29) is 11.8 Å². The maximum Gasteiger partial charge on any atom is 0.226 e. The highest BCUT2D eigenvalue weighted by atomic mass is 16.1. The smallest absolute Gasteiger partial charge is 0.226 e. The van der Waals surface area contributed by atoms with Crippen LogP contribution in [0, 0.1) is 0 Å². The van der Waals surface area contributed by atoms with Crippen molar-refractivity contribution in [2.45, 2.75) is 19.3 Å². The minimum Gasteiger partial charge on any atom is -0.309 e. The second-order valence-electron chi connectivity index (χ2n) is 5.42. The number of nitrogens with zero attached hydrogens (tertiary/aromatic N) is 3. The van der Waals surface area contributed by atoms with Crippen LogP contribution in [0.15, 0.2) is 67.1 Å². The average molecular weight is 306 g/mol. The molecule has 1 amide bonds. The van der Waals surface area contributed by atoms with Crippen LogP contribution >= 0.6 is 0 Å². The first-order chi connectivity index (χ1) is 11.2. The second-order valence-corrected chi connectivity index (χ2v) is 5.42. The van der Waals surface area contributed by atoms with Crippen LogP contribution in [0.3, 0.4) is 0 Å². The predicted molar refractivity (Wildman–Crippen MR) is 89.5 cm³/mol. The molecule has 3 aromatic rings. The molecule has 1 N–H and O–H groups in total. The van der Waals surface area contributed by atoms with Gasteiger partial charge in [0.15, 0.2) is 5.82 Å². The van der Waals surface area contributed by atoms with Crippen LogP contribution < -0.4 is 5.32 Å². The first kappa shape index (κ1) is 15.0. The molecule has 23 heavy (non-hydrogen) atoms. The third-order valence-corrected chi connectivity index (χ3v) is 3.62. The molecule has 5 heteroatoms. The number of aromatic nitrogens is 3. The molecule has 1 aromatic carbocycles. The Morgan fingerprint density at radius 1 is 1.17 bits per heavy atom. The van der Waals surface area contributed by atoms with E-state index in [4.69, 9.17) is 0 Å². The molecule has 5 nitrogen and oxygen atoms in total. The van der Waals surface area contributed by atoms with Crippen LogP contribution in [0.25, 0.3) is 5.69 Å². The van der Waals surface area contributed by atoms with Gasteiger partial charge in [0, 0.05) is 31.1 Å². The number of nitrogens with one attached hydrogen (secondary N) is 1. The number of benzene rings is 1. The Kier molecular flexibility index (Phi) is 4.47. The number of carbonyl (C=O) groups is 1. The van der Waals surface area contributed by atoms with E-state index in [9.17, 15) is 4.79 Å². The van der Waals surface area contributed by atoms with Crippen LogP contribution in [0.5, 0.6) is 0 Å². The number of rotatable bonds is 5. The van der Waals surface area contributed by atoms with Gasteiger partial charge in [-0.2, -0.15) is 5.10 Å². The molecule has 0 aliphatic heterocycles. The van der Waals surface area contributed by atoms with Gasteiger partial charge in [0.1, 0.15) is 0 Å². The van der Waals surface area contributed by atoms with E-state index in [2.05, 4.69) is 15.4 Å². The first-order valence-electron chi connectivity index (χ1n) is 7.53. The van der Waals surface area contributed by atoms with Gasteiger partial charge in [-0.15, -0.1) is 0 Å². The Balaban J connectivity index is 1.61. The van der Waals surface area contributed by atoms with E-state index >= 15 is 0 Å². The van der Waals surface area contributed by atoms with Gasteiger partial charge in [-0.25, -0.2) is 4.68 Å². The number of pyridine rings is 1. The monoisotopic (exact) mass is 306 g/mol. The lowest BCUT2D eigenvalue weighted by Crippen LogP contribution is -2.15. The van der Waals surface area contributed by atoms with E-state index in [0.717, 1.165) is 11.3 Å². The van der Waals surface area contributed by atoms with E-state index in [1.54, 1.807) is 23.1 Å². The van der Waals surface area contributed by atoms with Crippen LogP contribution in [0.4, 0.5) is 5.82 Å². The summed E-state index contributed by atoms with van der Waals surface area (Å²) in [4.78, 5) is 16.2. The lowest BCUT2D eigenvalue weighted by atomic mass is 9.99. The van der Waals surface area contributed by atoms with Gasteiger partial charge in [0.2, 0.25) is 5.91 Å². The van der Waals surface area contributed by atoms with Crippen molar-refractivity contribution in [3.63, 3.8) is 0 Å². The maximum atomic E-state index is 12.2. The Bertz CT molecular complexity index is 768. The third kappa shape index (κ3) is 3.83. The van der Waals surface area contributed by atoms with Crippen LogP contribution in [0.2, 0.25) is 0 Å². The van der Waals surface area contributed by atoms with Gasteiger partial charge in [0.05, 0.1) is 5.69 Å². The van der Waals surface area contributed by atoms with Crippen molar-refractivity contribution >= 4 is 11.7 Å². The number of amides is 1. The van der Waals surface area contributed by atoms with Crippen molar-refractivity contribution in [1.82, 2.24) is 14.8 Å². The zero-order valence-electron chi connectivity index (χ0n) is 12.9. The highest BCUT2D eigenvalue weighted by Crippen LogP contribution is 2.18. The summed E-state index contributed by atoms with van der Waals surface area (Å²) < 4.78 is 1.74. The quantitative estimate of drug-likeness (QED) is 0.786. The molecule has 0 aliphatic carbocycles. The molecule has 116 valence electrons. The zero-order valence-corrected chi connectivity index (χ0v) is 12.9. The van der Waals surface area contributed by atoms with Gasteiger partial charge in [-0.1, -0.05) is 31.2 Å². The first-order valence-corrected chi connectivity index (χ1v) is 7.53. The fourth-order valence-corrected chi connectivity index (χ4v) is 2.37. The topological polar surface area (TPSA) is 59.8 Å². The molecular weight excluding hydrogens is 288 g/mol. The molecule has 2 aromatic heterocycles. The summed E-state index contributed by atoms with van der Waals surface area (Å²) in [7, 11) is 0. The zero-order chi connectivity index (χ0) is 16.1. The Morgan fingerprint density at radius 2 is 2.00 bits per heavy atom. The number of anilines is 1. The molecule has 0 saturated heterocycles. The lowest BCUT2D eigenvalue weighted by molar-refractivity contribution is -0.116. The van der Waals surface area contributed by atoms with Crippen molar-refractivity contribution in [1.29, 1.82) is 0 Å². The number of carbonyl (C=O) groups excluding carboxylic acids is 1. The Morgan fingerprint density at radius 3 is 2.74 bits per heavy atom. The Hall–Kier alpha value is -2.95. The molecule has 2 heterocycles. The summed E-state index contributed by atoms with van der Waals surface area (Å²) in [6, 6.07) is 15.4. The van der Waals surface area contributed by atoms with E-state index in [1.165, 1.54) is 0 Å². The second kappa shape index (κ2) is 6.87. The summed E-state index contributed by atoms with van der Waals surface area (Å²) in [5.74, 6) is 0.608. The minimum atomic E-state index is -0.0559. The van der Waals surface area contributed by atoms with Gasteiger partial charge in [0.25, 0.3) is 0 Å². The number of hydrogen-bond acceptors (Lipinski definition) is 3. The number of hydrogen-bond donors (Lipinski definition) is 1. The van der Waals surface area contributed by atoms with Crippen molar-refractivity contribution in [3.05, 3.63) is 72.7 Å². The molecule has 0 spiro atoms. The van der Waals surface area contributed by atoms with Crippen molar-refractivity contribution in [2.75, 3.05) is 5.32 Å². The summed E-state index contributed by atoms with van der Waals surface area (Å²) in [6.07, 6.45) is 5.74. The van der Waals surface area contributed by atoms with Crippen LogP contribution in [-0.2, 0) is 4.79 Å². The minimum absolute atomic E-state index is 0.0559. The fourth-order valence-electron chi connectivity index (χ4n) is 2.37. The van der Waals surface area contributed by atoms with Crippen molar-refractivity contribution < 1.29 is 4.79 Å². The molecule has 3 rings (SSSR count). The number of para-hydroxylation sites is 1. The standard InChI is InChI=1S/C18H18N4O/c1-14(15-6-5-10-19-13-15)12-18(23)20-17-9-11-22(21-17)16-7-3-2-4-8-16/h2-11,13-14H,12H2,1H3,(H,20,21,23)/t14-/m0/s1. The highest BCUT2D eigenvalue weighted by Gasteiger charge is 2.12. The summed E-state index contributed by atoms with van der Waals surface area (Å²) in [5.41, 5.74) is 2.01. The third-order valence-electron chi connectivity index (χ3n) is 3.62. The molecule has 0 aliphatic rings. The lowest BCUT2D eigenvalue weighted by Gasteiger charge is -2.10. The van der Waals surface area contributed by atoms with Crippen LogP contribution in [-0.4, -0.2) is 20.7 Å². The highest BCUT2D eigenvalue weighted by molar-refractivity contribution is 5.90. The Labute approximate surface area is 135 Å². The van der Waals surface area contributed by atoms with Crippen molar-refractivity contribution in [3.8, 4) is 5.69 Å². The van der Waals surface area contributed by atoms with Gasteiger partial charge in [-0.05, 0) is 29.7 Å². The SMILES string of the molecule is C[C@@H](CC(=O)Nc1ccn(-c2ccccc2)n1)c1cccnc1. The molecule has 0 saturated carbocycles. The van der Waals surface area contributed by atoms with Gasteiger partial charge < -0.3 is 5.32 Å². The van der Waals surface area contributed by atoms with E-state index in [1.807, 2.05) is 55.6 Å². The molecule has 0 fully saturated rings.